The Morgan fingerprint density at radius 2 is 2.00 bits per heavy atom. The molecular formula is C19H25N3O4. The topological polar surface area (TPSA) is 87.8 Å². The molecule has 2 aromatic rings. The molecule has 0 unspecified atom stereocenters. The molecule has 3 rings (SSSR count). The van der Waals surface area contributed by atoms with Crippen molar-refractivity contribution in [3.8, 4) is 11.3 Å². The molecule has 0 bridgehead atoms. The molecule has 0 radical (unpaired) electrons. The highest BCUT2D eigenvalue weighted by Crippen LogP contribution is 2.25. The third kappa shape index (κ3) is 4.49. The number of hydrogen-bond acceptors (Lipinski definition) is 6. The molecule has 1 aromatic heterocycles. The van der Waals surface area contributed by atoms with Gasteiger partial charge < -0.3 is 19.7 Å². The summed E-state index contributed by atoms with van der Waals surface area (Å²) < 4.78 is 10.5. The first kappa shape index (κ1) is 18.6. The highest BCUT2D eigenvalue weighted by Gasteiger charge is 2.28. The molecule has 1 aliphatic heterocycles. The Hall–Kier alpha value is -2.22. The molecule has 7 heteroatoms. The summed E-state index contributed by atoms with van der Waals surface area (Å²) in [6.45, 7) is 6.96. The van der Waals surface area contributed by atoms with Crippen LogP contribution in [-0.2, 0) is 4.74 Å². The summed E-state index contributed by atoms with van der Waals surface area (Å²) in [5.74, 6) is 0.152. The van der Waals surface area contributed by atoms with E-state index in [4.69, 9.17) is 9.26 Å². The Morgan fingerprint density at radius 3 is 2.69 bits per heavy atom. The summed E-state index contributed by atoms with van der Waals surface area (Å²) >= 11 is 0. The standard InChI is InChI=1S/C19H25N3O4/c1-14-16(17(21-26-14)15-6-4-3-5-7-15)18(23)20-12-19(2,24)13-22-8-10-25-11-9-22/h3-7,24H,8-13H2,1-2H3,(H,20,23)/t19-/m1/s1. The SMILES string of the molecule is Cc1onc(-c2ccccc2)c1C(=O)NC[C@@](C)(O)CN1CCOCC1. The van der Waals surface area contributed by atoms with E-state index in [1.54, 1.807) is 13.8 Å². The number of morpholine rings is 1. The molecule has 2 heterocycles. The van der Waals surface area contributed by atoms with Gasteiger partial charge in [0.25, 0.3) is 5.91 Å². The Morgan fingerprint density at radius 1 is 1.31 bits per heavy atom. The Balaban J connectivity index is 1.66. The molecule has 1 atom stereocenters. The van der Waals surface area contributed by atoms with E-state index >= 15 is 0 Å². The maximum absolute atomic E-state index is 12.7. The molecule has 1 saturated heterocycles. The number of aryl methyl sites for hydroxylation is 1. The van der Waals surface area contributed by atoms with E-state index in [1.807, 2.05) is 30.3 Å². The predicted molar refractivity (Wildman–Crippen MR) is 96.9 cm³/mol. The molecule has 1 fully saturated rings. The van der Waals surface area contributed by atoms with Crippen LogP contribution in [0.5, 0.6) is 0 Å². The maximum Gasteiger partial charge on any atom is 0.257 e. The van der Waals surface area contributed by atoms with Gasteiger partial charge in [-0.1, -0.05) is 35.5 Å². The van der Waals surface area contributed by atoms with Crippen LogP contribution in [0.2, 0.25) is 0 Å². The number of aliphatic hydroxyl groups is 1. The number of hydrogen-bond donors (Lipinski definition) is 2. The first-order valence-electron chi connectivity index (χ1n) is 8.79. The van der Waals surface area contributed by atoms with Crippen LogP contribution < -0.4 is 5.32 Å². The minimum Gasteiger partial charge on any atom is -0.387 e. The molecular weight excluding hydrogens is 334 g/mol. The molecule has 1 aliphatic rings. The van der Waals surface area contributed by atoms with Crippen molar-refractivity contribution in [3.05, 3.63) is 41.7 Å². The average Bonchev–Trinajstić information content (AvgIpc) is 3.03. The molecule has 2 N–H and O–H groups in total. The van der Waals surface area contributed by atoms with Crippen molar-refractivity contribution < 1.29 is 19.2 Å². The first-order chi connectivity index (χ1) is 12.5. The third-order valence-electron chi connectivity index (χ3n) is 4.43. The largest absolute Gasteiger partial charge is 0.387 e. The van der Waals surface area contributed by atoms with Crippen molar-refractivity contribution in [2.24, 2.45) is 0 Å². The van der Waals surface area contributed by atoms with Gasteiger partial charge in [0.1, 0.15) is 17.0 Å². The number of amides is 1. The average molecular weight is 359 g/mol. The number of rotatable bonds is 6. The van der Waals surface area contributed by atoms with Gasteiger partial charge in [0.05, 0.1) is 18.8 Å². The Kier molecular flexibility index (Phi) is 5.70. The van der Waals surface area contributed by atoms with Gasteiger partial charge in [-0.25, -0.2) is 0 Å². The summed E-state index contributed by atoms with van der Waals surface area (Å²) in [5.41, 5.74) is 0.687. The number of benzene rings is 1. The van der Waals surface area contributed by atoms with Crippen LogP contribution >= 0.6 is 0 Å². The van der Waals surface area contributed by atoms with Gasteiger partial charge in [0, 0.05) is 31.7 Å². The first-order valence-corrected chi connectivity index (χ1v) is 8.79. The molecule has 0 aliphatic carbocycles. The number of carbonyl (C=O) groups excluding carboxylic acids is 1. The van der Waals surface area contributed by atoms with E-state index in [0.29, 0.717) is 36.8 Å². The van der Waals surface area contributed by atoms with Crippen LogP contribution in [-0.4, -0.2) is 66.1 Å². The lowest BCUT2D eigenvalue weighted by Crippen LogP contribution is -2.51. The number of nitrogens with zero attached hydrogens (tertiary/aromatic N) is 2. The quantitative estimate of drug-likeness (QED) is 0.812. The minimum atomic E-state index is -1.04. The lowest BCUT2D eigenvalue weighted by atomic mass is 10.0. The zero-order chi connectivity index (χ0) is 18.6. The highest BCUT2D eigenvalue weighted by atomic mass is 16.5. The molecule has 0 saturated carbocycles. The Labute approximate surface area is 152 Å². The van der Waals surface area contributed by atoms with E-state index in [-0.39, 0.29) is 12.5 Å². The number of nitrogens with one attached hydrogen (secondary N) is 1. The van der Waals surface area contributed by atoms with Crippen LogP contribution in [0.25, 0.3) is 11.3 Å². The van der Waals surface area contributed by atoms with Crippen LogP contribution in [0.3, 0.4) is 0 Å². The summed E-state index contributed by atoms with van der Waals surface area (Å²) in [4.78, 5) is 14.8. The summed E-state index contributed by atoms with van der Waals surface area (Å²) in [5, 5.41) is 17.5. The second-order valence-corrected chi connectivity index (χ2v) is 6.90. The molecule has 1 amide bonds. The van der Waals surface area contributed by atoms with Gasteiger partial charge in [0.2, 0.25) is 0 Å². The zero-order valence-electron chi connectivity index (χ0n) is 15.2. The zero-order valence-corrected chi connectivity index (χ0v) is 15.2. The van der Waals surface area contributed by atoms with E-state index in [9.17, 15) is 9.90 Å². The second-order valence-electron chi connectivity index (χ2n) is 6.90. The maximum atomic E-state index is 12.7. The van der Waals surface area contributed by atoms with Crippen LogP contribution in [0.1, 0.15) is 23.0 Å². The van der Waals surface area contributed by atoms with Crippen LogP contribution in [0, 0.1) is 6.92 Å². The number of aromatic nitrogens is 1. The van der Waals surface area contributed by atoms with Gasteiger partial charge in [0.15, 0.2) is 0 Å². The molecule has 140 valence electrons. The van der Waals surface area contributed by atoms with Crippen molar-refractivity contribution in [1.82, 2.24) is 15.4 Å². The summed E-state index contributed by atoms with van der Waals surface area (Å²) in [6.07, 6.45) is 0. The number of ether oxygens (including phenoxy) is 1. The van der Waals surface area contributed by atoms with E-state index in [0.717, 1.165) is 18.7 Å². The minimum absolute atomic E-state index is 0.141. The molecule has 26 heavy (non-hydrogen) atoms. The number of β-amino-alcohol motifs (C(OH)–C–C–N with tert-alkyl or cyclic N) is 1. The monoisotopic (exact) mass is 359 g/mol. The van der Waals surface area contributed by atoms with Crippen LogP contribution in [0.15, 0.2) is 34.9 Å². The highest BCUT2D eigenvalue weighted by molar-refractivity contribution is 6.00. The molecule has 1 aromatic carbocycles. The second kappa shape index (κ2) is 7.99. The molecule has 0 spiro atoms. The lowest BCUT2D eigenvalue weighted by Gasteiger charge is -2.33. The number of carbonyl (C=O) groups is 1. The van der Waals surface area contributed by atoms with E-state index in [2.05, 4.69) is 15.4 Å². The van der Waals surface area contributed by atoms with E-state index in [1.165, 1.54) is 0 Å². The van der Waals surface area contributed by atoms with Crippen molar-refractivity contribution in [2.75, 3.05) is 39.4 Å². The van der Waals surface area contributed by atoms with Gasteiger partial charge in [-0.15, -0.1) is 0 Å². The summed E-state index contributed by atoms with van der Waals surface area (Å²) in [6, 6.07) is 9.42. The lowest BCUT2D eigenvalue weighted by molar-refractivity contribution is -0.0213. The van der Waals surface area contributed by atoms with Crippen LogP contribution in [0.4, 0.5) is 0 Å². The fourth-order valence-electron chi connectivity index (χ4n) is 3.09. The van der Waals surface area contributed by atoms with Crippen molar-refractivity contribution in [2.45, 2.75) is 19.4 Å². The van der Waals surface area contributed by atoms with Crippen molar-refractivity contribution >= 4 is 5.91 Å². The fraction of sp³-hybridized carbons (Fsp3) is 0.474. The Bertz CT molecular complexity index is 736. The van der Waals surface area contributed by atoms with E-state index < -0.39 is 5.60 Å². The molecule has 7 nitrogen and oxygen atoms in total. The predicted octanol–water partition coefficient (Wildman–Crippen LogP) is 1.46. The normalized spacial score (nSPS) is 17.7. The van der Waals surface area contributed by atoms with Gasteiger partial charge in [-0.05, 0) is 13.8 Å². The van der Waals surface area contributed by atoms with Crippen molar-refractivity contribution in [1.29, 1.82) is 0 Å². The smallest absolute Gasteiger partial charge is 0.257 e. The van der Waals surface area contributed by atoms with Gasteiger partial charge in [-0.3, -0.25) is 9.69 Å². The van der Waals surface area contributed by atoms with Crippen molar-refractivity contribution in [3.63, 3.8) is 0 Å². The fourth-order valence-corrected chi connectivity index (χ4v) is 3.09. The summed E-state index contributed by atoms with van der Waals surface area (Å²) in [7, 11) is 0. The third-order valence-corrected chi connectivity index (χ3v) is 4.43. The van der Waals surface area contributed by atoms with Gasteiger partial charge in [-0.2, -0.15) is 0 Å². The van der Waals surface area contributed by atoms with Gasteiger partial charge >= 0.3 is 0 Å².